The molecule has 0 unspecified atom stereocenters. The summed E-state index contributed by atoms with van der Waals surface area (Å²) in [5, 5.41) is 6.55. The average Bonchev–Trinajstić information content (AvgIpc) is 3.77. The van der Waals surface area contributed by atoms with E-state index in [9.17, 15) is 0 Å². The van der Waals surface area contributed by atoms with E-state index in [2.05, 4.69) is 78.9 Å². The maximum atomic E-state index is 8.81. The first-order chi connectivity index (χ1) is 25.9. The lowest BCUT2D eigenvalue weighted by atomic mass is 9.85. The summed E-state index contributed by atoms with van der Waals surface area (Å²) >= 11 is 0. The van der Waals surface area contributed by atoms with Crippen LogP contribution in [0.5, 0.6) is 0 Å². The van der Waals surface area contributed by atoms with Crippen molar-refractivity contribution < 1.29 is 11.3 Å². The third-order valence-electron chi connectivity index (χ3n) is 9.28. The first-order valence-electron chi connectivity index (χ1n) is 18.4. The van der Waals surface area contributed by atoms with Crippen molar-refractivity contribution in [3.05, 3.63) is 170 Å². The molecule has 2 heterocycles. The van der Waals surface area contributed by atoms with Crippen LogP contribution in [0.15, 0.2) is 174 Å². The van der Waals surface area contributed by atoms with E-state index in [0.29, 0.717) is 5.52 Å². The highest BCUT2D eigenvalue weighted by Gasteiger charge is 2.21. The Bertz CT molecular complexity index is 3060. The van der Waals surface area contributed by atoms with Crippen LogP contribution in [0.2, 0.25) is 0 Å². The van der Waals surface area contributed by atoms with Crippen LogP contribution in [-0.4, -0.2) is 9.55 Å². The molecule has 0 N–H and O–H groups in total. The normalized spacial score (nSPS) is 13.2. The molecule has 0 fully saturated rings. The van der Waals surface area contributed by atoms with Crippen molar-refractivity contribution in [2.24, 2.45) is 0 Å². The number of furan rings is 1. The standard InChI is InChI=1S/C45H28N2O/c1-2-14-29(15-3-1)45-46-38-24-9-10-25-39(38)47(45)31-17-12-16-30(28-31)42-32-18-4-6-20-34(32)43(35-21-7-5-19-33(35)42)37-23-13-27-41-44(37)36-22-8-11-26-40(36)48-41/h1-28H/i1D,2D,3D,14D,15D. The van der Waals surface area contributed by atoms with Crippen molar-refractivity contribution in [2.75, 3.05) is 0 Å². The molecule has 3 nitrogen and oxygen atoms in total. The molecule has 0 aliphatic rings. The number of fused-ring (bicyclic) bond motifs is 6. The maximum Gasteiger partial charge on any atom is 0.145 e. The summed E-state index contributed by atoms with van der Waals surface area (Å²) in [6.45, 7) is 0. The number of nitrogens with zero attached hydrogens (tertiary/aromatic N) is 2. The zero-order valence-corrected chi connectivity index (χ0v) is 25.6. The fourth-order valence-electron chi connectivity index (χ4n) is 7.33. The molecule has 0 spiro atoms. The Balaban J connectivity index is 1.26. The first-order valence-corrected chi connectivity index (χ1v) is 15.9. The van der Waals surface area contributed by atoms with Crippen LogP contribution in [-0.2, 0) is 0 Å². The van der Waals surface area contributed by atoms with Crippen LogP contribution >= 0.6 is 0 Å². The minimum atomic E-state index is -0.437. The fraction of sp³-hybridized carbons (Fsp3) is 0. The van der Waals surface area contributed by atoms with E-state index in [1.807, 2.05) is 65.2 Å². The van der Waals surface area contributed by atoms with Crippen LogP contribution in [0.3, 0.4) is 0 Å². The quantitative estimate of drug-likeness (QED) is 0.184. The van der Waals surface area contributed by atoms with Crippen molar-refractivity contribution in [3.63, 3.8) is 0 Å². The van der Waals surface area contributed by atoms with Gasteiger partial charge < -0.3 is 4.42 Å². The highest BCUT2D eigenvalue weighted by Crippen LogP contribution is 2.47. The molecule has 2 aromatic heterocycles. The average molecular weight is 618 g/mol. The molecule has 3 heteroatoms. The van der Waals surface area contributed by atoms with E-state index >= 15 is 0 Å². The predicted octanol–water partition coefficient (Wildman–Crippen LogP) is 12.2. The number of hydrogen-bond donors (Lipinski definition) is 0. The molecule has 0 radical (unpaired) electrons. The Kier molecular flexibility index (Phi) is 4.86. The first kappa shape index (κ1) is 22.1. The molecule has 8 aromatic carbocycles. The van der Waals surface area contributed by atoms with Gasteiger partial charge in [-0.25, -0.2) is 4.98 Å². The van der Waals surface area contributed by atoms with Crippen LogP contribution in [0.4, 0.5) is 0 Å². The van der Waals surface area contributed by atoms with Gasteiger partial charge in [-0.2, -0.15) is 0 Å². The molecule has 224 valence electrons. The summed E-state index contributed by atoms with van der Waals surface area (Å²) in [7, 11) is 0. The van der Waals surface area contributed by atoms with Crippen molar-refractivity contribution in [3.8, 4) is 39.3 Å². The summed E-state index contributed by atoms with van der Waals surface area (Å²) in [4.78, 5) is 4.87. The molecule has 0 saturated carbocycles. The molecule has 0 aliphatic heterocycles. The smallest absolute Gasteiger partial charge is 0.145 e. The lowest BCUT2D eigenvalue weighted by Gasteiger charge is -2.19. The Hall–Kier alpha value is -6.45. The second-order valence-corrected chi connectivity index (χ2v) is 11.9. The Labute approximate surface area is 284 Å². The summed E-state index contributed by atoms with van der Waals surface area (Å²) in [5.41, 5.74) is 8.20. The maximum absolute atomic E-state index is 8.81. The Morgan fingerprint density at radius 2 is 1.15 bits per heavy atom. The Morgan fingerprint density at radius 3 is 1.92 bits per heavy atom. The third kappa shape index (κ3) is 3.98. The second-order valence-electron chi connectivity index (χ2n) is 11.9. The van der Waals surface area contributed by atoms with Gasteiger partial charge in [-0.1, -0.05) is 133 Å². The van der Waals surface area contributed by atoms with Crippen molar-refractivity contribution in [2.45, 2.75) is 0 Å². The van der Waals surface area contributed by atoms with E-state index in [1.54, 1.807) is 0 Å². The molecule has 10 aromatic rings. The van der Waals surface area contributed by atoms with Crippen molar-refractivity contribution in [1.29, 1.82) is 0 Å². The summed E-state index contributed by atoms with van der Waals surface area (Å²) in [6, 6.07) is 45.4. The number of rotatable bonds is 4. The highest BCUT2D eigenvalue weighted by atomic mass is 16.3. The predicted molar refractivity (Wildman–Crippen MR) is 200 cm³/mol. The largest absolute Gasteiger partial charge is 0.456 e. The number of imidazole rings is 1. The minimum Gasteiger partial charge on any atom is -0.456 e. The lowest BCUT2D eigenvalue weighted by molar-refractivity contribution is 0.669. The number of para-hydroxylation sites is 3. The van der Waals surface area contributed by atoms with Gasteiger partial charge in [0.05, 0.1) is 17.9 Å². The number of benzene rings is 8. The van der Waals surface area contributed by atoms with Gasteiger partial charge >= 0.3 is 0 Å². The summed E-state index contributed by atoms with van der Waals surface area (Å²) in [6.07, 6.45) is 0. The minimum absolute atomic E-state index is 0.0544. The van der Waals surface area contributed by atoms with Crippen LogP contribution in [0.25, 0.3) is 93.8 Å². The van der Waals surface area contributed by atoms with E-state index < -0.39 is 18.1 Å². The molecule has 48 heavy (non-hydrogen) atoms. The Morgan fingerprint density at radius 1 is 0.521 bits per heavy atom. The topological polar surface area (TPSA) is 31.0 Å². The van der Waals surface area contributed by atoms with Gasteiger partial charge in [-0.15, -0.1) is 0 Å². The van der Waals surface area contributed by atoms with Gasteiger partial charge in [0.1, 0.15) is 17.0 Å². The summed E-state index contributed by atoms with van der Waals surface area (Å²) < 4.78 is 50.8. The highest BCUT2D eigenvalue weighted by molar-refractivity contribution is 6.25. The molecule has 10 rings (SSSR count). The van der Waals surface area contributed by atoms with E-state index in [4.69, 9.17) is 16.3 Å². The van der Waals surface area contributed by atoms with Crippen LogP contribution in [0.1, 0.15) is 6.85 Å². The van der Waals surface area contributed by atoms with Crippen molar-refractivity contribution in [1.82, 2.24) is 9.55 Å². The zero-order chi connectivity index (χ0) is 36.0. The number of aromatic nitrogens is 2. The van der Waals surface area contributed by atoms with E-state index in [0.717, 1.165) is 76.9 Å². The summed E-state index contributed by atoms with van der Waals surface area (Å²) in [5.74, 6) is 0.283. The third-order valence-corrected chi connectivity index (χ3v) is 9.28. The van der Waals surface area contributed by atoms with Crippen molar-refractivity contribution >= 4 is 54.5 Å². The number of hydrogen-bond acceptors (Lipinski definition) is 2. The zero-order valence-electron chi connectivity index (χ0n) is 30.6. The molecule has 0 bridgehead atoms. The van der Waals surface area contributed by atoms with Crippen LogP contribution < -0.4 is 0 Å². The molecular weight excluding hydrogens is 585 g/mol. The van der Waals surface area contributed by atoms with Gasteiger partial charge in [0.15, 0.2) is 0 Å². The fourth-order valence-corrected chi connectivity index (χ4v) is 7.33. The monoisotopic (exact) mass is 617 g/mol. The second kappa shape index (κ2) is 10.5. The molecule has 0 aliphatic carbocycles. The van der Waals surface area contributed by atoms with E-state index in [1.165, 1.54) is 0 Å². The van der Waals surface area contributed by atoms with Gasteiger partial charge in [-0.05, 0) is 80.2 Å². The molecule has 0 amide bonds. The van der Waals surface area contributed by atoms with Gasteiger partial charge in [-0.3, -0.25) is 4.57 Å². The molecule has 0 saturated heterocycles. The lowest BCUT2D eigenvalue weighted by Crippen LogP contribution is -1.98. The SMILES string of the molecule is [2H]c1c([2H])c([2H])c(-c2nc3ccccc3n2-c2cccc(-c3c4ccccc4c(-c4cccc5oc6ccccc6c45)c4ccccc34)c2)c([2H])c1[2H]. The van der Waals surface area contributed by atoms with Gasteiger partial charge in [0.25, 0.3) is 0 Å². The van der Waals surface area contributed by atoms with Gasteiger partial charge in [0.2, 0.25) is 0 Å². The molecular formula is C45H28N2O. The van der Waals surface area contributed by atoms with E-state index in [-0.39, 0.29) is 23.5 Å². The van der Waals surface area contributed by atoms with Crippen LogP contribution in [0, 0.1) is 0 Å². The molecule has 0 atom stereocenters. The van der Waals surface area contributed by atoms with Gasteiger partial charge in [0, 0.05) is 22.0 Å².